The molecule has 1 aliphatic carbocycles. The molecule has 0 saturated heterocycles. The van der Waals surface area contributed by atoms with E-state index in [-0.39, 0.29) is 28.2 Å². The van der Waals surface area contributed by atoms with E-state index in [1.165, 1.54) is 13.2 Å². The van der Waals surface area contributed by atoms with Crippen LogP contribution < -0.4 is 9.47 Å². The number of hydrogen-bond acceptors (Lipinski definition) is 3. The zero-order valence-electron chi connectivity index (χ0n) is 12.2. The zero-order valence-corrected chi connectivity index (χ0v) is 14.6. The van der Waals surface area contributed by atoms with E-state index >= 15 is 0 Å². The van der Waals surface area contributed by atoms with E-state index in [1.54, 1.807) is 0 Å². The van der Waals surface area contributed by atoms with Crippen LogP contribution in [0.5, 0.6) is 11.5 Å². The molecule has 0 saturated carbocycles. The lowest BCUT2D eigenvalue weighted by atomic mass is 10.1. The topological polar surface area (TPSA) is 35.5 Å². The predicted molar refractivity (Wildman–Crippen MR) is 89.2 cm³/mol. The highest BCUT2D eigenvalue weighted by Crippen LogP contribution is 2.43. The first-order valence-corrected chi connectivity index (χ1v) is 8.19. The van der Waals surface area contributed by atoms with Crippen LogP contribution in [0.1, 0.15) is 34.0 Å². The van der Waals surface area contributed by atoms with E-state index in [2.05, 4.69) is 15.9 Å². The molecule has 0 heterocycles. The summed E-state index contributed by atoms with van der Waals surface area (Å²) in [6.07, 6.45) is 1.77. The molecule has 2 aromatic carbocycles. The van der Waals surface area contributed by atoms with Crippen LogP contribution in [0.3, 0.4) is 0 Å². The molecule has 0 bridgehead atoms. The van der Waals surface area contributed by atoms with Crippen LogP contribution in [0.2, 0.25) is 5.02 Å². The van der Waals surface area contributed by atoms with Gasteiger partial charge in [0.25, 0.3) is 0 Å². The molecule has 0 aliphatic heterocycles. The summed E-state index contributed by atoms with van der Waals surface area (Å²) in [5.74, 6) is -1.01. The standard InChI is InChI=1S/C17H13BrClFO3/c1-22-16-9(8-21)7-13(19)17(15(16)20)23-14-6-5-10-11(14)3-2-4-12(10)18/h2-4,7-8,14H,5-6H2,1H3/t14-/m1/s1. The van der Waals surface area contributed by atoms with Crippen LogP contribution >= 0.6 is 27.5 Å². The highest BCUT2D eigenvalue weighted by molar-refractivity contribution is 9.10. The number of halogens is 3. The Balaban J connectivity index is 2.00. The molecule has 0 N–H and O–H groups in total. The summed E-state index contributed by atoms with van der Waals surface area (Å²) in [7, 11) is 1.30. The maximum atomic E-state index is 14.6. The van der Waals surface area contributed by atoms with E-state index in [1.807, 2.05) is 18.2 Å². The zero-order chi connectivity index (χ0) is 16.6. The third-order valence-electron chi connectivity index (χ3n) is 3.91. The van der Waals surface area contributed by atoms with Crippen LogP contribution in [0, 0.1) is 5.82 Å². The Kier molecular flexibility index (Phi) is 4.60. The average molecular weight is 400 g/mol. The Morgan fingerprint density at radius 1 is 1.39 bits per heavy atom. The summed E-state index contributed by atoms with van der Waals surface area (Å²) in [6, 6.07) is 7.19. The van der Waals surface area contributed by atoms with Crippen molar-refractivity contribution in [3.05, 3.63) is 56.3 Å². The molecule has 0 aromatic heterocycles. The van der Waals surface area contributed by atoms with Gasteiger partial charge in [0.2, 0.25) is 5.82 Å². The minimum absolute atomic E-state index is 0.0499. The van der Waals surface area contributed by atoms with Crippen molar-refractivity contribution in [2.24, 2.45) is 0 Å². The van der Waals surface area contributed by atoms with Gasteiger partial charge < -0.3 is 9.47 Å². The third-order valence-corrected chi connectivity index (χ3v) is 4.93. The molecule has 0 spiro atoms. The summed E-state index contributed by atoms with van der Waals surface area (Å²) in [4.78, 5) is 11.0. The van der Waals surface area contributed by atoms with Gasteiger partial charge in [-0.3, -0.25) is 4.79 Å². The van der Waals surface area contributed by atoms with Crippen LogP contribution in [0.15, 0.2) is 28.7 Å². The molecule has 120 valence electrons. The number of benzene rings is 2. The second-order valence-corrected chi connectivity index (χ2v) is 6.46. The summed E-state index contributed by atoms with van der Waals surface area (Å²) in [6.45, 7) is 0. The molecule has 3 rings (SSSR count). The maximum Gasteiger partial charge on any atom is 0.209 e. The maximum absolute atomic E-state index is 14.6. The molecule has 0 amide bonds. The number of hydrogen-bond donors (Lipinski definition) is 0. The van der Waals surface area contributed by atoms with Crippen molar-refractivity contribution in [1.82, 2.24) is 0 Å². The fraction of sp³-hybridized carbons (Fsp3) is 0.235. The first-order valence-electron chi connectivity index (χ1n) is 7.02. The third kappa shape index (κ3) is 2.83. The van der Waals surface area contributed by atoms with Gasteiger partial charge in [0.1, 0.15) is 6.10 Å². The molecule has 1 aliphatic rings. The normalized spacial score (nSPS) is 16.1. The summed E-state index contributed by atoms with van der Waals surface area (Å²) >= 11 is 9.61. The lowest BCUT2D eigenvalue weighted by molar-refractivity contribution is 0.111. The molecule has 1 atom stereocenters. The van der Waals surface area contributed by atoms with Gasteiger partial charge in [-0.1, -0.05) is 39.7 Å². The van der Waals surface area contributed by atoms with Gasteiger partial charge in [0.05, 0.1) is 17.7 Å². The number of ether oxygens (including phenoxy) is 2. The first kappa shape index (κ1) is 16.3. The predicted octanol–water partition coefficient (Wildman–Crippen LogP) is 5.13. The van der Waals surface area contributed by atoms with Crippen LogP contribution in [0.25, 0.3) is 0 Å². The van der Waals surface area contributed by atoms with Gasteiger partial charge in [-0.15, -0.1) is 0 Å². The monoisotopic (exact) mass is 398 g/mol. The Bertz CT molecular complexity index is 779. The number of methoxy groups -OCH3 is 1. The molecule has 2 aromatic rings. The van der Waals surface area contributed by atoms with Crippen LogP contribution in [0.4, 0.5) is 4.39 Å². The average Bonchev–Trinajstić information content (AvgIpc) is 2.95. The van der Waals surface area contributed by atoms with Gasteiger partial charge in [0, 0.05) is 4.47 Å². The van der Waals surface area contributed by atoms with Crippen LogP contribution in [-0.4, -0.2) is 13.4 Å². The summed E-state index contributed by atoms with van der Waals surface area (Å²) in [5.41, 5.74) is 2.22. The molecule has 0 fully saturated rings. The highest BCUT2D eigenvalue weighted by atomic mass is 79.9. The molecule has 23 heavy (non-hydrogen) atoms. The van der Waals surface area contributed by atoms with Crippen molar-refractivity contribution in [1.29, 1.82) is 0 Å². The lowest BCUT2D eigenvalue weighted by Gasteiger charge is -2.18. The van der Waals surface area contributed by atoms with Crippen molar-refractivity contribution in [2.75, 3.05) is 7.11 Å². The molecule has 0 unspecified atom stereocenters. The molecule has 3 nitrogen and oxygen atoms in total. The van der Waals surface area contributed by atoms with Gasteiger partial charge in [-0.25, -0.2) is 0 Å². The summed E-state index contributed by atoms with van der Waals surface area (Å²) < 4.78 is 26.4. The Morgan fingerprint density at radius 3 is 2.87 bits per heavy atom. The van der Waals surface area contributed by atoms with Crippen molar-refractivity contribution in [3.63, 3.8) is 0 Å². The SMILES string of the molecule is COc1c(C=O)cc(Cl)c(O[C@@H]2CCc3c(Br)cccc32)c1F. The van der Waals surface area contributed by atoms with Crippen molar-refractivity contribution < 1.29 is 18.7 Å². The highest BCUT2D eigenvalue weighted by Gasteiger charge is 2.28. The van der Waals surface area contributed by atoms with Gasteiger partial charge in [0.15, 0.2) is 17.8 Å². The fourth-order valence-corrected chi connectivity index (χ4v) is 3.67. The van der Waals surface area contributed by atoms with Gasteiger partial charge >= 0.3 is 0 Å². The molecular weight excluding hydrogens is 387 g/mol. The molecular formula is C17H13BrClFO3. The van der Waals surface area contributed by atoms with Gasteiger partial charge in [-0.05, 0) is 36.1 Å². The van der Waals surface area contributed by atoms with Gasteiger partial charge in [-0.2, -0.15) is 4.39 Å². The molecule has 6 heteroatoms. The lowest BCUT2D eigenvalue weighted by Crippen LogP contribution is -2.07. The van der Waals surface area contributed by atoms with E-state index in [4.69, 9.17) is 21.1 Å². The number of aldehydes is 1. The van der Waals surface area contributed by atoms with Crippen molar-refractivity contribution >= 4 is 33.8 Å². The van der Waals surface area contributed by atoms with E-state index in [9.17, 15) is 9.18 Å². The van der Waals surface area contributed by atoms with E-state index in [0.717, 1.165) is 28.4 Å². The molecule has 0 radical (unpaired) electrons. The van der Waals surface area contributed by atoms with Crippen molar-refractivity contribution in [2.45, 2.75) is 18.9 Å². The number of carbonyl (C=O) groups excluding carboxylic acids is 1. The number of carbonyl (C=O) groups is 1. The Labute approximate surface area is 146 Å². The minimum Gasteiger partial charge on any atom is -0.493 e. The number of fused-ring (bicyclic) bond motifs is 1. The number of rotatable bonds is 4. The van der Waals surface area contributed by atoms with E-state index in [0.29, 0.717) is 6.29 Å². The Morgan fingerprint density at radius 2 is 2.17 bits per heavy atom. The second kappa shape index (κ2) is 6.49. The smallest absolute Gasteiger partial charge is 0.209 e. The van der Waals surface area contributed by atoms with Crippen LogP contribution in [-0.2, 0) is 6.42 Å². The van der Waals surface area contributed by atoms with Crippen molar-refractivity contribution in [3.8, 4) is 11.5 Å². The minimum atomic E-state index is -0.759. The summed E-state index contributed by atoms with van der Waals surface area (Å²) in [5, 5.41) is 0.0499. The Hall–Kier alpha value is -1.59. The second-order valence-electron chi connectivity index (χ2n) is 5.19. The van der Waals surface area contributed by atoms with E-state index < -0.39 is 5.82 Å². The quantitative estimate of drug-likeness (QED) is 0.669. The fourth-order valence-electron chi connectivity index (χ4n) is 2.84. The largest absolute Gasteiger partial charge is 0.493 e. The first-order chi connectivity index (χ1) is 11.1.